The normalized spacial score (nSPS) is 34.4. The third-order valence-corrected chi connectivity index (χ3v) is 6.26. The van der Waals surface area contributed by atoms with Crippen molar-refractivity contribution >= 4 is 5.97 Å². The lowest BCUT2D eigenvalue weighted by molar-refractivity contribution is -0.152. The van der Waals surface area contributed by atoms with E-state index in [-0.39, 0.29) is 18.4 Å². The first-order valence-corrected chi connectivity index (χ1v) is 8.94. The molecule has 3 nitrogen and oxygen atoms in total. The highest BCUT2D eigenvalue weighted by molar-refractivity contribution is 5.67. The summed E-state index contributed by atoms with van der Waals surface area (Å²) in [6.07, 6.45) is 10.4. The van der Waals surface area contributed by atoms with Gasteiger partial charge in [-0.25, -0.2) is 0 Å². The first-order valence-electron chi connectivity index (χ1n) is 8.94. The summed E-state index contributed by atoms with van der Waals surface area (Å²) in [6, 6.07) is 0. The van der Waals surface area contributed by atoms with E-state index in [2.05, 4.69) is 26.8 Å². The zero-order chi connectivity index (χ0) is 16.3. The van der Waals surface area contributed by atoms with Gasteiger partial charge in [0.25, 0.3) is 0 Å². The first kappa shape index (κ1) is 17.5. The van der Waals surface area contributed by atoms with Crippen molar-refractivity contribution in [1.82, 2.24) is 0 Å². The number of rotatable bonds is 8. The summed E-state index contributed by atoms with van der Waals surface area (Å²) in [6.45, 7) is 6.75. The molecule has 0 aromatic carbocycles. The first-order chi connectivity index (χ1) is 10.4. The largest absolute Gasteiger partial charge is 0.481 e. The molecule has 3 aliphatic carbocycles. The van der Waals surface area contributed by atoms with E-state index in [1.807, 2.05) is 6.08 Å². The number of fused-ring (bicyclic) bond motifs is 2. The van der Waals surface area contributed by atoms with Crippen LogP contribution in [0.1, 0.15) is 65.7 Å². The molecule has 0 heterocycles. The monoisotopic (exact) mass is 308 g/mol. The van der Waals surface area contributed by atoms with Gasteiger partial charge in [0.15, 0.2) is 0 Å². The average Bonchev–Trinajstić information content (AvgIpc) is 2.45. The predicted molar refractivity (Wildman–Crippen MR) is 88.5 cm³/mol. The Morgan fingerprint density at radius 2 is 2.05 bits per heavy atom. The van der Waals surface area contributed by atoms with E-state index >= 15 is 0 Å². The van der Waals surface area contributed by atoms with Crippen molar-refractivity contribution in [3.05, 3.63) is 12.2 Å². The standard InChI is InChI=1S/C19H32O3/c1-4-5-6-7-15(20)9-8-13-10-14-11-17(19(14,2)3)16(13)12-18(21)22/h8-9,13-17,20H,4-7,10-12H2,1-3H3,(H,21,22)/t13?,14-,15?,16?,17+/m1/s1. The molecule has 0 saturated heterocycles. The van der Waals surface area contributed by atoms with Crippen LogP contribution in [0.3, 0.4) is 0 Å². The zero-order valence-corrected chi connectivity index (χ0v) is 14.3. The highest BCUT2D eigenvalue weighted by Crippen LogP contribution is 2.64. The molecule has 126 valence electrons. The quantitative estimate of drug-likeness (QED) is 0.520. The average molecular weight is 308 g/mol. The van der Waals surface area contributed by atoms with Crippen molar-refractivity contribution < 1.29 is 15.0 Å². The van der Waals surface area contributed by atoms with Crippen LogP contribution in [0.25, 0.3) is 0 Å². The summed E-state index contributed by atoms with van der Waals surface area (Å²) >= 11 is 0. The van der Waals surface area contributed by atoms with E-state index in [4.69, 9.17) is 0 Å². The number of unbranched alkanes of at least 4 members (excludes halogenated alkanes) is 2. The van der Waals surface area contributed by atoms with E-state index in [1.165, 1.54) is 6.42 Å². The maximum absolute atomic E-state index is 11.2. The van der Waals surface area contributed by atoms with Gasteiger partial charge in [0, 0.05) is 6.42 Å². The van der Waals surface area contributed by atoms with Crippen LogP contribution in [0.15, 0.2) is 12.2 Å². The van der Waals surface area contributed by atoms with E-state index in [0.29, 0.717) is 17.3 Å². The van der Waals surface area contributed by atoms with Crippen molar-refractivity contribution in [3.8, 4) is 0 Å². The fourth-order valence-electron chi connectivity index (χ4n) is 4.67. The van der Waals surface area contributed by atoms with Gasteiger partial charge in [0.05, 0.1) is 6.10 Å². The van der Waals surface area contributed by atoms with Crippen molar-refractivity contribution in [2.75, 3.05) is 0 Å². The molecule has 3 rings (SSSR count). The van der Waals surface area contributed by atoms with E-state index in [0.717, 1.165) is 38.0 Å². The van der Waals surface area contributed by atoms with E-state index < -0.39 is 5.97 Å². The molecule has 5 atom stereocenters. The second-order valence-corrected chi connectivity index (χ2v) is 7.97. The summed E-state index contributed by atoms with van der Waals surface area (Å²) in [5, 5.41) is 19.3. The van der Waals surface area contributed by atoms with Gasteiger partial charge in [0.1, 0.15) is 0 Å². The van der Waals surface area contributed by atoms with Gasteiger partial charge < -0.3 is 10.2 Å². The molecule has 3 heteroatoms. The lowest BCUT2D eigenvalue weighted by atomic mass is 9.43. The second kappa shape index (κ2) is 7.16. The van der Waals surface area contributed by atoms with Gasteiger partial charge in [-0.2, -0.15) is 0 Å². The van der Waals surface area contributed by atoms with Crippen molar-refractivity contribution in [1.29, 1.82) is 0 Å². The maximum atomic E-state index is 11.2. The minimum atomic E-state index is -0.687. The van der Waals surface area contributed by atoms with Gasteiger partial charge in [0.2, 0.25) is 0 Å². The summed E-state index contributed by atoms with van der Waals surface area (Å²) in [7, 11) is 0. The van der Waals surface area contributed by atoms with Crippen molar-refractivity contribution in [3.63, 3.8) is 0 Å². The molecule has 22 heavy (non-hydrogen) atoms. The molecule has 3 unspecified atom stereocenters. The molecule has 0 aromatic rings. The number of carbonyl (C=O) groups is 1. The zero-order valence-electron chi connectivity index (χ0n) is 14.3. The van der Waals surface area contributed by atoms with Gasteiger partial charge in [-0.15, -0.1) is 0 Å². The molecule has 3 fully saturated rings. The number of aliphatic hydroxyl groups excluding tert-OH is 1. The van der Waals surface area contributed by atoms with Gasteiger partial charge in [-0.05, 0) is 48.3 Å². The van der Waals surface area contributed by atoms with Crippen LogP contribution in [-0.2, 0) is 4.79 Å². The molecule has 3 aliphatic rings. The third kappa shape index (κ3) is 3.73. The summed E-state index contributed by atoms with van der Waals surface area (Å²) in [5.41, 5.74) is 0.296. The summed E-state index contributed by atoms with van der Waals surface area (Å²) in [5.74, 6) is 1.11. The number of aliphatic carboxylic acids is 1. The Morgan fingerprint density at radius 3 is 2.64 bits per heavy atom. The Balaban J connectivity index is 1.95. The highest BCUT2D eigenvalue weighted by atomic mass is 16.4. The van der Waals surface area contributed by atoms with Gasteiger partial charge in [-0.3, -0.25) is 4.79 Å². The number of carboxylic acid groups (broad SMARTS) is 1. The lowest BCUT2D eigenvalue weighted by Gasteiger charge is -2.62. The molecular weight excluding hydrogens is 276 g/mol. The minimum absolute atomic E-state index is 0.233. The maximum Gasteiger partial charge on any atom is 0.303 e. The van der Waals surface area contributed by atoms with Gasteiger partial charge >= 0.3 is 5.97 Å². The number of hydrogen-bond acceptors (Lipinski definition) is 2. The van der Waals surface area contributed by atoms with Crippen molar-refractivity contribution in [2.24, 2.45) is 29.1 Å². The Bertz CT molecular complexity index is 413. The van der Waals surface area contributed by atoms with Crippen LogP contribution < -0.4 is 0 Å². The topological polar surface area (TPSA) is 57.5 Å². The van der Waals surface area contributed by atoms with Crippen LogP contribution in [0.4, 0.5) is 0 Å². The SMILES string of the molecule is CCCCCC(O)C=CC1C[C@@H]2C[C@@H](C1CC(=O)O)C2(C)C. The number of carboxylic acids is 1. The second-order valence-electron chi connectivity index (χ2n) is 7.97. The van der Waals surface area contributed by atoms with Crippen LogP contribution >= 0.6 is 0 Å². The van der Waals surface area contributed by atoms with Crippen LogP contribution in [0.2, 0.25) is 0 Å². The van der Waals surface area contributed by atoms with Crippen molar-refractivity contribution in [2.45, 2.75) is 71.8 Å². The van der Waals surface area contributed by atoms with Crippen LogP contribution in [0, 0.1) is 29.1 Å². The molecule has 0 spiro atoms. The molecule has 0 aromatic heterocycles. The Labute approximate surface area is 134 Å². The van der Waals surface area contributed by atoms with Gasteiger partial charge in [-0.1, -0.05) is 52.2 Å². The summed E-state index contributed by atoms with van der Waals surface area (Å²) < 4.78 is 0. The fraction of sp³-hybridized carbons (Fsp3) is 0.842. The minimum Gasteiger partial charge on any atom is -0.481 e. The molecule has 2 N–H and O–H groups in total. The Hall–Kier alpha value is -0.830. The summed E-state index contributed by atoms with van der Waals surface area (Å²) in [4.78, 5) is 11.2. The Morgan fingerprint density at radius 1 is 1.32 bits per heavy atom. The van der Waals surface area contributed by atoms with E-state index in [1.54, 1.807) is 0 Å². The third-order valence-electron chi connectivity index (χ3n) is 6.26. The Kier molecular flexibility index (Phi) is 5.70. The molecule has 0 radical (unpaired) electrons. The van der Waals surface area contributed by atoms with E-state index in [9.17, 15) is 15.0 Å². The highest BCUT2D eigenvalue weighted by Gasteiger charge is 2.57. The number of hydrogen-bond donors (Lipinski definition) is 2. The van der Waals surface area contributed by atoms with Crippen LogP contribution in [0.5, 0.6) is 0 Å². The predicted octanol–water partition coefficient (Wildman–Crippen LogP) is 4.26. The van der Waals surface area contributed by atoms with Crippen LogP contribution in [-0.4, -0.2) is 22.3 Å². The molecule has 0 aliphatic heterocycles. The fourth-order valence-corrected chi connectivity index (χ4v) is 4.67. The smallest absolute Gasteiger partial charge is 0.303 e. The number of allylic oxidation sites excluding steroid dienone is 1. The number of aliphatic hydroxyl groups is 1. The molecule has 0 amide bonds. The lowest BCUT2D eigenvalue weighted by Crippen LogP contribution is -2.55. The molecule has 3 saturated carbocycles. The molecular formula is C19H32O3. The molecule has 2 bridgehead atoms.